The predicted octanol–water partition coefficient (Wildman–Crippen LogP) is -1.06. The van der Waals surface area contributed by atoms with E-state index in [1.54, 1.807) is 0 Å². The van der Waals surface area contributed by atoms with Gasteiger partial charge in [-0.15, -0.1) is 11.3 Å². The first-order valence-electron chi connectivity index (χ1n) is 16.7. The first kappa shape index (κ1) is 40.6. The molecule has 8 N–H and O–H groups in total. The molecule has 4 saturated heterocycles. The maximum atomic E-state index is 13.6. The lowest BCUT2D eigenvalue weighted by atomic mass is 10.1. The third-order valence-electron chi connectivity index (χ3n) is 9.39. The number of oxime groups is 1. The zero-order valence-electron chi connectivity index (χ0n) is 29.7. The third-order valence-corrected chi connectivity index (χ3v) is 12.1. The number of carbonyl (C=O) groups excluding carboxylic acids is 6. The number of aliphatic carboxylic acids is 2. The van der Waals surface area contributed by atoms with Gasteiger partial charge in [-0.25, -0.2) is 34.6 Å². The molecule has 6 rings (SSSR count). The molecule has 5 heterocycles. The number of thiazole rings is 1. The number of carbonyl (C=O) groups is 8. The van der Waals surface area contributed by atoms with Gasteiger partial charge in [-0.2, -0.15) is 0 Å². The standard InChI is InChI=1S/C31H33ClN10O13S2/c1-30(2,25(49)50)55-37-17(14-11-56-27(33)34-14)21(46)35-18-22(47)40-12-31(26(51)52,57-24(18)40)41-9-10-42(29(41)54)36-28(53)39-7-5-38(6-8-39)23(48)19(44)13-3-4-15(43)20(45)16(13)32/h3-4,11,18,24,43,45H,5-10,12H2,1-2H3,(H2,33,34)(H,35,46)(H,36,53)(H,49,50)(H,51,52)/b37-17-/t18-,24-,31?/m1/s1. The lowest BCUT2D eigenvalue weighted by Crippen LogP contribution is -2.68. The van der Waals surface area contributed by atoms with Crippen molar-refractivity contribution in [2.75, 3.05) is 51.5 Å². The predicted molar refractivity (Wildman–Crippen MR) is 196 cm³/mol. The van der Waals surface area contributed by atoms with Gasteiger partial charge in [0.05, 0.1) is 23.7 Å². The van der Waals surface area contributed by atoms with Crippen LogP contribution in [0.15, 0.2) is 22.7 Å². The molecule has 4 aliphatic rings. The van der Waals surface area contributed by atoms with Gasteiger partial charge in [0.25, 0.3) is 17.6 Å². The number of fused-ring (bicyclic) bond motifs is 1. The molecular formula is C31H33ClN10O13S2. The summed E-state index contributed by atoms with van der Waals surface area (Å²) in [7, 11) is 0. The van der Waals surface area contributed by atoms with Gasteiger partial charge in [-0.1, -0.05) is 28.5 Å². The summed E-state index contributed by atoms with van der Waals surface area (Å²) < 4.78 is 0. The molecule has 23 nitrogen and oxygen atoms in total. The van der Waals surface area contributed by atoms with Crippen LogP contribution in [-0.4, -0.2) is 171 Å². The summed E-state index contributed by atoms with van der Waals surface area (Å²) in [6.07, 6.45) is 0. The highest BCUT2D eigenvalue weighted by Gasteiger charge is 2.66. The van der Waals surface area contributed by atoms with Crippen molar-refractivity contribution in [2.45, 2.75) is 35.7 Å². The molecule has 2 aromatic rings. The molecule has 4 fully saturated rings. The molecule has 3 atom stereocenters. The Morgan fingerprint density at radius 1 is 1.04 bits per heavy atom. The van der Waals surface area contributed by atoms with Crippen LogP contribution in [0.1, 0.15) is 29.9 Å². The number of nitrogen functional groups attached to an aromatic ring is 1. The topological polar surface area (TPSA) is 318 Å². The molecule has 1 aromatic carbocycles. The molecule has 57 heavy (non-hydrogen) atoms. The first-order chi connectivity index (χ1) is 26.8. The number of carboxylic acid groups (broad SMARTS) is 2. The number of nitrogens with zero attached hydrogens (tertiary/aromatic N) is 7. The number of aromatic hydroxyl groups is 2. The molecule has 26 heteroatoms. The molecule has 1 unspecified atom stereocenters. The Kier molecular flexibility index (Phi) is 10.8. The van der Waals surface area contributed by atoms with Crippen LogP contribution in [0.3, 0.4) is 0 Å². The van der Waals surface area contributed by atoms with Gasteiger partial charge >= 0.3 is 24.0 Å². The van der Waals surface area contributed by atoms with Crippen LogP contribution in [-0.2, 0) is 28.8 Å². The fourth-order valence-electron chi connectivity index (χ4n) is 6.08. The van der Waals surface area contributed by atoms with Gasteiger partial charge in [0.1, 0.15) is 17.1 Å². The van der Waals surface area contributed by atoms with Gasteiger partial charge in [0, 0.05) is 38.1 Å². The number of halogens is 1. The van der Waals surface area contributed by atoms with Crippen molar-refractivity contribution < 1.29 is 63.6 Å². The molecule has 0 bridgehead atoms. The maximum absolute atomic E-state index is 13.6. The number of amides is 7. The van der Waals surface area contributed by atoms with E-state index in [4.69, 9.17) is 22.2 Å². The Labute approximate surface area is 333 Å². The van der Waals surface area contributed by atoms with Crippen molar-refractivity contribution in [2.24, 2.45) is 5.16 Å². The molecule has 0 saturated carbocycles. The Morgan fingerprint density at radius 3 is 2.32 bits per heavy atom. The van der Waals surface area contributed by atoms with E-state index in [2.05, 4.69) is 20.9 Å². The van der Waals surface area contributed by atoms with Gasteiger partial charge in [-0.05, 0) is 26.0 Å². The number of phenols is 2. The Balaban J connectivity index is 1.07. The van der Waals surface area contributed by atoms with Gasteiger partial charge in [-0.3, -0.25) is 24.1 Å². The normalized spacial score (nSPS) is 22.2. The van der Waals surface area contributed by atoms with Crippen LogP contribution < -0.4 is 16.5 Å². The highest BCUT2D eigenvalue weighted by atomic mass is 35.5. The fraction of sp³-hybridized carbons (Fsp3) is 0.419. The number of rotatable bonds is 11. The molecule has 304 valence electrons. The number of nitrogens with one attached hydrogen (secondary N) is 2. The molecule has 1 aromatic heterocycles. The number of hydrogen-bond acceptors (Lipinski definition) is 16. The minimum Gasteiger partial charge on any atom is -0.504 e. The third kappa shape index (κ3) is 7.35. The second-order valence-electron chi connectivity index (χ2n) is 13.3. The number of carboxylic acids is 2. The number of Topliss-reactive ketones (excluding diaryl/α,β-unsaturated/α-hetero) is 1. The molecule has 0 aliphatic carbocycles. The summed E-state index contributed by atoms with van der Waals surface area (Å²) in [6, 6.07) is -0.846. The SMILES string of the molecule is CC(C)(O/N=C(\C(=O)N[C@@H]1C(=O)N2CC(C(=O)O)(N3CCN(NC(=O)N4CCN(C(=O)C(=O)c5ccc(O)c(O)c5Cl)CC4)C3=O)S[C@H]12)c1csc(N)n1)C(=O)O. The summed E-state index contributed by atoms with van der Waals surface area (Å²) in [5, 5.41) is 46.2. The summed E-state index contributed by atoms with van der Waals surface area (Å²) in [5.74, 6) is -7.87. The minimum absolute atomic E-state index is 0.0520. The van der Waals surface area contributed by atoms with Crippen molar-refractivity contribution in [1.82, 2.24) is 40.3 Å². The van der Waals surface area contributed by atoms with Crippen LogP contribution >= 0.6 is 34.7 Å². The highest BCUT2D eigenvalue weighted by Crippen LogP contribution is 2.49. The Hall–Kier alpha value is -6.08. The molecule has 4 aliphatic heterocycles. The van der Waals surface area contributed by atoms with Crippen molar-refractivity contribution >= 4 is 93.0 Å². The first-order valence-corrected chi connectivity index (χ1v) is 18.8. The minimum atomic E-state index is -2.03. The van der Waals surface area contributed by atoms with E-state index in [1.165, 1.54) is 33.9 Å². The number of hydrogen-bond donors (Lipinski definition) is 7. The summed E-state index contributed by atoms with van der Waals surface area (Å²) >= 11 is 7.60. The second kappa shape index (κ2) is 15.1. The maximum Gasteiger partial charge on any atom is 0.350 e. The van der Waals surface area contributed by atoms with E-state index in [1.807, 2.05) is 0 Å². The molecule has 0 radical (unpaired) electrons. The zero-order chi connectivity index (χ0) is 41.7. The van der Waals surface area contributed by atoms with Crippen LogP contribution in [0.2, 0.25) is 5.02 Å². The van der Waals surface area contributed by atoms with Crippen molar-refractivity contribution in [3.05, 3.63) is 33.8 Å². The van der Waals surface area contributed by atoms with Crippen molar-refractivity contribution in [1.29, 1.82) is 0 Å². The van der Waals surface area contributed by atoms with Gasteiger partial charge in [0.2, 0.25) is 16.4 Å². The average Bonchev–Trinajstić information content (AvgIpc) is 3.88. The number of benzene rings is 1. The fourth-order valence-corrected chi connectivity index (χ4v) is 8.51. The van der Waals surface area contributed by atoms with E-state index < -0.39 is 98.2 Å². The number of hydrazine groups is 1. The largest absolute Gasteiger partial charge is 0.504 e. The van der Waals surface area contributed by atoms with Crippen LogP contribution in [0.4, 0.5) is 14.7 Å². The van der Waals surface area contributed by atoms with E-state index in [0.717, 1.165) is 45.1 Å². The number of aromatic nitrogens is 1. The zero-order valence-corrected chi connectivity index (χ0v) is 32.1. The number of piperazine rings is 1. The molecule has 0 spiro atoms. The second-order valence-corrected chi connectivity index (χ2v) is 16.0. The summed E-state index contributed by atoms with van der Waals surface area (Å²) in [6.45, 7) is 1.31. The van der Waals surface area contributed by atoms with Crippen molar-refractivity contribution in [3.8, 4) is 11.5 Å². The monoisotopic (exact) mass is 852 g/mol. The lowest BCUT2D eigenvalue weighted by molar-refractivity contribution is -0.161. The van der Waals surface area contributed by atoms with E-state index in [-0.39, 0.29) is 55.7 Å². The number of nitrogens with two attached hydrogens (primary N) is 1. The van der Waals surface area contributed by atoms with Gasteiger partial charge in [0.15, 0.2) is 22.3 Å². The summed E-state index contributed by atoms with van der Waals surface area (Å²) in [4.78, 5) is 115. The van der Waals surface area contributed by atoms with Crippen LogP contribution in [0, 0.1) is 0 Å². The smallest absolute Gasteiger partial charge is 0.350 e. The quantitative estimate of drug-likeness (QED) is 0.0354. The van der Waals surface area contributed by atoms with E-state index in [9.17, 15) is 58.8 Å². The highest BCUT2D eigenvalue weighted by molar-refractivity contribution is 8.02. The van der Waals surface area contributed by atoms with Crippen molar-refractivity contribution in [3.63, 3.8) is 0 Å². The van der Waals surface area contributed by atoms with E-state index >= 15 is 0 Å². The Morgan fingerprint density at radius 2 is 1.70 bits per heavy atom. The number of anilines is 1. The molecular weight excluding hydrogens is 820 g/mol. The number of thioether (sulfide) groups is 1. The van der Waals surface area contributed by atoms with Crippen LogP contribution in [0.5, 0.6) is 11.5 Å². The number of β-lactam (4-membered cyclic amide) rings is 1. The number of urea groups is 2. The Bertz CT molecular complexity index is 2130. The molecule has 7 amide bonds. The van der Waals surface area contributed by atoms with E-state index in [0.29, 0.717) is 0 Å². The number of phenolic OH excluding ortho intramolecular Hbond substituents is 2. The number of ketones is 1. The average molecular weight is 853 g/mol. The van der Waals surface area contributed by atoms with Crippen LogP contribution in [0.25, 0.3) is 0 Å². The lowest BCUT2D eigenvalue weighted by Gasteiger charge is -2.41. The van der Waals surface area contributed by atoms with Gasteiger partial charge < -0.3 is 51.0 Å². The summed E-state index contributed by atoms with van der Waals surface area (Å²) in [5.41, 5.74) is 5.37.